The number of nitrogens with one attached hydrogen (secondary N) is 2. The summed E-state index contributed by atoms with van der Waals surface area (Å²) in [5.41, 5.74) is 3.47. The molecule has 0 aromatic carbocycles. The van der Waals surface area contributed by atoms with Gasteiger partial charge in [-0.3, -0.25) is 0 Å². The van der Waals surface area contributed by atoms with Gasteiger partial charge < -0.3 is 10.3 Å². The molecular weight excluding hydrogens is 198 g/mol. The number of pyridine rings is 1. The average molecular weight is 208 g/mol. The molecule has 0 spiro atoms. The maximum absolute atomic E-state index is 6.15. The molecule has 2 aromatic heterocycles. The van der Waals surface area contributed by atoms with Crippen LogP contribution in [0.1, 0.15) is 11.3 Å². The van der Waals surface area contributed by atoms with Gasteiger partial charge in [-0.15, -0.1) is 0 Å². The van der Waals surface area contributed by atoms with Crippen LogP contribution in [0.5, 0.6) is 0 Å². The maximum atomic E-state index is 6.15. The number of nitrogens with zero attached hydrogens (tertiary/aromatic N) is 1. The largest absolute Gasteiger partial charge is 0.343 e. The summed E-state index contributed by atoms with van der Waals surface area (Å²) in [6.45, 7) is 1.91. The first-order valence-corrected chi connectivity index (χ1v) is 5.08. The van der Waals surface area contributed by atoms with Crippen LogP contribution in [0.3, 0.4) is 0 Å². The molecular formula is C10H10ClN3. The summed E-state index contributed by atoms with van der Waals surface area (Å²) in [5.74, 6) is 0. The van der Waals surface area contributed by atoms with Crippen molar-refractivity contribution in [3.63, 3.8) is 0 Å². The zero-order valence-corrected chi connectivity index (χ0v) is 8.36. The van der Waals surface area contributed by atoms with E-state index in [1.165, 1.54) is 11.3 Å². The van der Waals surface area contributed by atoms with E-state index in [1.807, 2.05) is 6.07 Å². The fraction of sp³-hybridized carbons (Fsp3) is 0.300. The molecule has 0 saturated heterocycles. The van der Waals surface area contributed by atoms with E-state index < -0.39 is 0 Å². The minimum atomic E-state index is 0.788. The molecule has 1 aliphatic rings. The van der Waals surface area contributed by atoms with Gasteiger partial charge in [-0.1, -0.05) is 11.6 Å². The standard InChI is InChI=1S/C10H10ClN3/c11-7-1-4-13-10-9(7)6-5-12-3-2-8(6)14-10/h1,4,12H,2-3,5H2,(H,13,14). The lowest BCUT2D eigenvalue weighted by Gasteiger charge is -2.12. The van der Waals surface area contributed by atoms with E-state index in [9.17, 15) is 0 Å². The van der Waals surface area contributed by atoms with Crippen LogP contribution in [0.4, 0.5) is 0 Å². The molecule has 2 N–H and O–H groups in total. The fourth-order valence-electron chi connectivity index (χ4n) is 2.02. The lowest BCUT2D eigenvalue weighted by molar-refractivity contribution is 0.640. The highest BCUT2D eigenvalue weighted by Gasteiger charge is 2.16. The first kappa shape index (κ1) is 8.26. The summed E-state index contributed by atoms with van der Waals surface area (Å²) in [6.07, 6.45) is 2.77. The van der Waals surface area contributed by atoms with E-state index in [2.05, 4.69) is 15.3 Å². The number of hydrogen-bond acceptors (Lipinski definition) is 2. The molecule has 3 heterocycles. The second-order valence-electron chi connectivity index (χ2n) is 3.53. The van der Waals surface area contributed by atoms with Crippen molar-refractivity contribution in [3.8, 4) is 0 Å². The quantitative estimate of drug-likeness (QED) is 0.693. The third-order valence-corrected chi connectivity index (χ3v) is 3.00. The van der Waals surface area contributed by atoms with Gasteiger partial charge >= 0.3 is 0 Å². The highest BCUT2D eigenvalue weighted by atomic mass is 35.5. The molecule has 3 rings (SSSR count). The van der Waals surface area contributed by atoms with Gasteiger partial charge in [0.25, 0.3) is 0 Å². The molecule has 1 aliphatic heterocycles. The smallest absolute Gasteiger partial charge is 0.139 e. The van der Waals surface area contributed by atoms with E-state index in [1.54, 1.807) is 6.20 Å². The van der Waals surface area contributed by atoms with Crippen LogP contribution in [-0.4, -0.2) is 16.5 Å². The first-order chi connectivity index (χ1) is 6.86. The van der Waals surface area contributed by atoms with E-state index in [-0.39, 0.29) is 0 Å². The Morgan fingerprint density at radius 1 is 1.43 bits per heavy atom. The summed E-state index contributed by atoms with van der Waals surface area (Å²) in [7, 11) is 0. The Kier molecular flexibility index (Phi) is 1.75. The molecule has 0 bridgehead atoms. The lowest BCUT2D eigenvalue weighted by atomic mass is 10.1. The summed E-state index contributed by atoms with van der Waals surface area (Å²) in [4.78, 5) is 7.60. The van der Waals surface area contributed by atoms with E-state index in [0.717, 1.165) is 35.6 Å². The van der Waals surface area contributed by atoms with Gasteiger partial charge in [0.1, 0.15) is 5.65 Å². The van der Waals surface area contributed by atoms with Gasteiger partial charge in [0.05, 0.1) is 5.02 Å². The highest BCUT2D eigenvalue weighted by Crippen LogP contribution is 2.29. The minimum Gasteiger partial charge on any atom is -0.343 e. The van der Waals surface area contributed by atoms with Crippen molar-refractivity contribution < 1.29 is 0 Å². The normalized spacial score (nSPS) is 15.8. The first-order valence-electron chi connectivity index (χ1n) is 4.71. The predicted octanol–water partition coefficient (Wildman–Crippen LogP) is 1.86. The summed E-state index contributed by atoms with van der Waals surface area (Å²) >= 11 is 6.15. The lowest BCUT2D eigenvalue weighted by Crippen LogP contribution is -2.22. The molecule has 3 nitrogen and oxygen atoms in total. The number of H-pyrrole nitrogens is 1. The van der Waals surface area contributed by atoms with Gasteiger partial charge in [-0.25, -0.2) is 4.98 Å². The number of aromatic amines is 1. The number of hydrogen-bond donors (Lipinski definition) is 2. The molecule has 14 heavy (non-hydrogen) atoms. The van der Waals surface area contributed by atoms with Crippen LogP contribution < -0.4 is 5.32 Å². The Labute approximate surface area is 86.5 Å². The number of fused-ring (bicyclic) bond motifs is 3. The zero-order valence-electron chi connectivity index (χ0n) is 7.60. The predicted molar refractivity (Wildman–Crippen MR) is 56.5 cm³/mol. The van der Waals surface area contributed by atoms with Crippen molar-refractivity contribution >= 4 is 22.6 Å². The molecule has 2 aromatic rings. The maximum Gasteiger partial charge on any atom is 0.139 e. The van der Waals surface area contributed by atoms with Crippen LogP contribution in [0.15, 0.2) is 12.3 Å². The molecule has 4 heteroatoms. The average Bonchev–Trinajstić information content (AvgIpc) is 2.57. The topological polar surface area (TPSA) is 40.7 Å². The molecule has 0 unspecified atom stereocenters. The fourth-order valence-corrected chi connectivity index (χ4v) is 2.28. The Balaban J connectivity index is 2.38. The third-order valence-electron chi connectivity index (χ3n) is 2.69. The molecule has 0 amide bonds. The van der Waals surface area contributed by atoms with E-state index in [0.29, 0.717) is 0 Å². The van der Waals surface area contributed by atoms with Crippen molar-refractivity contribution in [2.24, 2.45) is 0 Å². The molecule has 0 saturated carbocycles. The Hall–Kier alpha value is -1.06. The Morgan fingerprint density at radius 3 is 3.29 bits per heavy atom. The Morgan fingerprint density at radius 2 is 2.36 bits per heavy atom. The third kappa shape index (κ3) is 1.06. The van der Waals surface area contributed by atoms with Crippen molar-refractivity contribution in [2.75, 3.05) is 6.54 Å². The van der Waals surface area contributed by atoms with E-state index in [4.69, 9.17) is 11.6 Å². The van der Waals surface area contributed by atoms with Gasteiger partial charge in [-0.05, 0) is 11.6 Å². The van der Waals surface area contributed by atoms with Crippen LogP contribution >= 0.6 is 11.6 Å². The van der Waals surface area contributed by atoms with E-state index >= 15 is 0 Å². The summed E-state index contributed by atoms with van der Waals surface area (Å²) < 4.78 is 0. The molecule has 0 fully saturated rings. The monoisotopic (exact) mass is 207 g/mol. The highest BCUT2D eigenvalue weighted by molar-refractivity contribution is 6.35. The summed E-state index contributed by atoms with van der Waals surface area (Å²) in [6, 6.07) is 1.84. The number of halogens is 1. The van der Waals surface area contributed by atoms with Gasteiger partial charge in [0.2, 0.25) is 0 Å². The van der Waals surface area contributed by atoms with Crippen molar-refractivity contribution in [1.82, 2.24) is 15.3 Å². The molecule has 0 aliphatic carbocycles. The van der Waals surface area contributed by atoms with Crippen molar-refractivity contribution in [1.29, 1.82) is 0 Å². The van der Waals surface area contributed by atoms with Crippen molar-refractivity contribution in [2.45, 2.75) is 13.0 Å². The molecule has 0 atom stereocenters. The second-order valence-corrected chi connectivity index (χ2v) is 3.93. The van der Waals surface area contributed by atoms with Crippen LogP contribution in [0, 0.1) is 0 Å². The Bertz CT molecular complexity index is 489. The molecule has 0 radical (unpaired) electrons. The van der Waals surface area contributed by atoms with Gasteiger partial charge in [0.15, 0.2) is 0 Å². The number of aromatic nitrogens is 2. The zero-order chi connectivity index (χ0) is 9.54. The van der Waals surface area contributed by atoms with Gasteiger partial charge in [-0.2, -0.15) is 0 Å². The van der Waals surface area contributed by atoms with Crippen LogP contribution in [0.2, 0.25) is 5.02 Å². The minimum absolute atomic E-state index is 0.788. The number of rotatable bonds is 0. The summed E-state index contributed by atoms with van der Waals surface area (Å²) in [5, 5.41) is 5.21. The van der Waals surface area contributed by atoms with Gasteiger partial charge in [0, 0.05) is 36.8 Å². The van der Waals surface area contributed by atoms with Crippen LogP contribution in [0.25, 0.3) is 11.0 Å². The van der Waals surface area contributed by atoms with Crippen LogP contribution in [-0.2, 0) is 13.0 Å². The SMILES string of the molecule is Clc1ccnc2[nH]c3c(c12)CNCC3. The van der Waals surface area contributed by atoms with Crippen molar-refractivity contribution in [3.05, 3.63) is 28.5 Å². The second kappa shape index (κ2) is 2.97. The molecule has 72 valence electrons.